The van der Waals surface area contributed by atoms with E-state index in [1.165, 1.54) is 29.3 Å². The van der Waals surface area contributed by atoms with Crippen LogP contribution in [-0.4, -0.2) is 11.6 Å². The third-order valence-electron chi connectivity index (χ3n) is 3.23. The zero-order chi connectivity index (χ0) is 17.7. The molecule has 5 nitrogen and oxygen atoms in total. The van der Waals surface area contributed by atoms with Crippen molar-refractivity contribution in [3.63, 3.8) is 0 Å². The summed E-state index contributed by atoms with van der Waals surface area (Å²) >= 11 is 3.29. The normalized spacial score (nSPS) is 12.1. The Kier molecular flexibility index (Phi) is 6.10. The van der Waals surface area contributed by atoms with Gasteiger partial charge >= 0.3 is 0 Å². The van der Waals surface area contributed by atoms with Crippen molar-refractivity contribution in [3.8, 4) is 5.88 Å². The lowest BCUT2D eigenvalue weighted by atomic mass is 10.2. The zero-order valence-corrected chi connectivity index (χ0v) is 14.5. The Bertz CT molecular complexity index is 701. The second-order valence-corrected chi connectivity index (χ2v) is 5.91. The van der Waals surface area contributed by atoms with Crippen molar-refractivity contribution in [2.45, 2.75) is 13.3 Å². The lowest BCUT2D eigenvalue weighted by molar-refractivity contribution is 0.151. The number of halogens is 3. The molecule has 2 aromatic rings. The molecular weight excluding hydrogens is 382 g/mol. The molecule has 0 aliphatic heterocycles. The zero-order valence-electron chi connectivity index (χ0n) is 12.9. The third kappa shape index (κ3) is 4.65. The highest BCUT2D eigenvalue weighted by Crippen LogP contribution is 2.23. The fourth-order valence-corrected chi connectivity index (χ4v) is 2.13. The largest absolute Gasteiger partial charge is 0.471 e. The number of pyridine rings is 1. The molecule has 24 heavy (non-hydrogen) atoms. The first-order chi connectivity index (χ1) is 11.4. The van der Waals surface area contributed by atoms with Gasteiger partial charge in [0, 0.05) is 28.0 Å². The number of ether oxygens (including phenoxy) is 1. The fourth-order valence-electron chi connectivity index (χ4n) is 1.90. The van der Waals surface area contributed by atoms with Gasteiger partial charge in [-0.15, -0.1) is 0 Å². The minimum absolute atomic E-state index is 0.0718. The third-order valence-corrected chi connectivity index (χ3v) is 3.70. The minimum Gasteiger partial charge on any atom is -0.471 e. The number of anilines is 1. The lowest BCUT2D eigenvalue weighted by Gasteiger charge is -2.23. The Balaban J connectivity index is 2.12. The summed E-state index contributed by atoms with van der Waals surface area (Å²) in [6, 6.07) is 9.14. The summed E-state index contributed by atoms with van der Waals surface area (Å²) in [4.78, 5) is 4.10. The van der Waals surface area contributed by atoms with E-state index in [0.717, 1.165) is 4.47 Å². The Labute approximate surface area is 147 Å². The van der Waals surface area contributed by atoms with Crippen LogP contribution in [0.3, 0.4) is 0 Å². The molecule has 4 N–H and O–H groups in total. The van der Waals surface area contributed by atoms with Crippen molar-refractivity contribution in [3.05, 3.63) is 64.0 Å². The molecule has 0 amide bonds. The van der Waals surface area contributed by atoms with Crippen molar-refractivity contribution in [1.29, 1.82) is 0 Å². The average molecular weight is 399 g/mol. The molecular formula is C16H17BrF2N4O. The van der Waals surface area contributed by atoms with Crippen LogP contribution < -0.4 is 21.3 Å². The molecule has 1 aromatic heterocycles. The maximum atomic E-state index is 12.6. The number of hydrogen-bond acceptors (Lipinski definition) is 5. The molecule has 0 bridgehead atoms. The van der Waals surface area contributed by atoms with Gasteiger partial charge in [0.15, 0.2) is 0 Å². The molecule has 128 valence electrons. The molecule has 0 saturated carbocycles. The summed E-state index contributed by atoms with van der Waals surface area (Å²) < 4.78 is 31.6. The van der Waals surface area contributed by atoms with Gasteiger partial charge in [-0.2, -0.15) is 0 Å². The van der Waals surface area contributed by atoms with Crippen LogP contribution in [0.1, 0.15) is 18.9 Å². The van der Waals surface area contributed by atoms with Crippen LogP contribution in [0, 0.1) is 0 Å². The van der Waals surface area contributed by atoms with E-state index < -0.39 is 6.43 Å². The predicted molar refractivity (Wildman–Crippen MR) is 92.4 cm³/mol. The molecule has 0 aliphatic carbocycles. The van der Waals surface area contributed by atoms with E-state index in [4.69, 9.17) is 16.3 Å². The van der Waals surface area contributed by atoms with Gasteiger partial charge in [-0.3, -0.25) is 5.01 Å². The van der Waals surface area contributed by atoms with E-state index >= 15 is 0 Å². The van der Waals surface area contributed by atoms with Gasteiger partial charge in [0.05, 0.1) is 11.4 Å². The second-order valence-electron chi connectivity index (χ2n) is 5.00. The van der Waals surface area contributed by atoms with Gasteiger partial charge < -0.3 is 10.5 Å². The van der Waals surface area contributed by atoms with Gasteiger partial charge in [-0.25, -0.2) is 19.6 Å². The summed E-state index contributed by atoms with van der Waals surface area (Å²) in [5.74, 6) is 6.47. The van der Waals surface area contributed by atoms with Crippen molar-refractivity contribution < 1.29 is 13.5 Å². The maximum Gasteiger partial charge on any atom is 0.263 e. The van der Waals surface area contributed by atoms with E-state index in [9.17, 15) is 8.78 Å². The summed E-state index contributed by atoms with van der Waals surface area (Å²) in [5.41, 5.74) is 7.28. The SMILES string of the molecule is C/C(N)=C(\COc1ccc(Br)cn1)N(N)c1ccc(C(F)F)cc1. The van der Waals surface area contributed by atoms with E-state index in [1.807, 2.05) is 0 Å². The number of hydrogen-bond donors (Lipinski definition) is 2. The quantitative estimate of drug-likeness (QED) is 0.572. The highest BCUT2D eigenvalue weighted by Gasteiger charge is 2.13. The molecule has 0 saturated heterocycles. The summed E-state index contributed by atoms with van der Waals surface area (Å²) in [5, 5.41) is 1.31. The number of allylic oxidation sites excluding steroid dienone is 1. The first-order valence-corrected chi connectivity index (χ1v) is 7.80. The number of alkyl halides is 2. The lowest BCUT2D eigenvalue weighted by Crippen LogP contribution is -2.35. The molecule has 1 heterocycles. The van der Waals surface area contributed by atoms with Crippen molar-refractivity contribution in [1.82, 2.24) is 4.98 Å². The Morgan fingerprint density at radius 1 is 1.25 bits per heavy atom. The van der Waals surface area contributed by atoms with Crippen molar-refractivity contribution in [2.24, 2.45) is 11.6 Å². The highest BCUT2D eigenvalue weighted by atomic mass is 79.9. The number of nitrogens with two attached hydrogens (primary N) is 2. The standard InChI is InChI=1S/C16H17BrF2N4O/c1-10(20)14(9-24-15-7-4-12(17)8-22-15)23(21)13-5-2-11(3-6-13)16(18)19/h2-8,16H,9,20-21H2,1H3/b14-10-. The predicted octanol–water partition coefficient (Wildman–Crippen LogP) is 3.73. The number of hydrazine groups is 1. The summed E-state index contributed by atoms with van der Waals surface area (Å²) in [6.07, 6.45) is -0.916. The number of aromatic nitrogens is 1. The molecule has 0 unspecified atom stereocenters. The number of benzene rings is 1. The van der Waals surface area contributed by atoms with Crippen molar-refractivity contribution >= 4 is 21.6 Å². The van der Waals surface area contributed by atoms with Crippen LogP contribution in [0.15, 0.2) is 58.5 Å². The average Bonchev–Trinajstić information content (AvgIpc) is 2.56. The first-order valence-electron chi connectivity index (χ1n) is 7.01. The van der Waals surface area contributed by atoms with Gasteiger partial charge in [0.25, 0.3) is 6.43 Å². The van der Waals surface area contributed by atoms with Crippen LogP contribution in [0.25, 0.3) is 0 Å². The molecule has 0 aliphatic rings. The number of rotatable bonds is 6. The van der Waals surface area contributed by atoms with Gasteiger partial charge in [0.2, 0.25) is 5.88 Å². The van der Waals surface area contributed by atoms with E-state index in [0.29, 0.717) is 23.0 Å². The molecule has 0 radical (unpaired) electrons. The fraction of sp³-hybridized carbons (Fsp3) is 0.188. The van der Waals surface area contributed by atoms with Crippen LogP contribution in [0.5, 0.6) is 5.88 Å². The smallest absolute Gasteiger partial charge is 0.263 e. The van der Waals surface area contributed by atoms with Crippen molar-refractivity contribution in [2.75, 3.05) is 11.6 Å². The highest BCUT2D eigenvalue weighted by molar-refractivity contribution is 9.10. The Morgan fingerprint density at radius 3 is 2.42 bits per heavy atom. The number of nitrogens with zero attached hydrogens (tertiary/aromatic N) is 2. The molecule has 0 spiro atoms. The minimum atomic E-state index is -2.52. The van der Waals surface area contributed by atoms with Crippen LogP contribution in [-0.2, 0) is 0 Å². The van der Waals surface area contributed by atoms with Gasteiger partial charge in [-0.05, 0) is 41.1 Å². The van der Waals surface area contributed by atoms with Gasteiger partial charge in [0.1, 0.15) is 6.61 Å². The molecule has 1 aromatic carbocycles. The maximum absolute atomic E-state index is 12.6. The Morgan fingerprint density at radius 2 is 1.92 bits per heavy atom. The monoisotopic (exact) mass is 398 g/mol. The van der Waals surface area contributed by atoms with Gasteiger partial charge in [-0.1, -0.05) is 12.1 Å². The van der Waals surface area contributed by atoms with E-state index in [2.05, 4.69) is 20.9 Å². The van der Waals surface area contributed by atoms with Crippen LogP contribution in [0.4, 0.5) is 14.5 Å². The summed E-state index contributed by atoms with van der Waals surface area (Å²) in [7, 11) is 0. The van der Waals surface area contributed by atoms with E-state index in [-0.39, 0.29) is 12.2 Å². The van der Waals surface area contributed by atoms with E-state index in [1.54, 1.807) is 25.3 Å². The molecule has 8 heteroatoms. The first kappa shape index (κ1) is 18.2. The van der Waals surface area contributed by atoms with Crippen LogP contribution >= 0.6 is 15.9 Å². The second kappa shape index (κ2) is 8.07. The topological polar surface area (TPSA) is 77.4 Å². The molecule has 0 fully saturated rings. The van der Waals surface area contributed by atoms with Crippen LogP contribution in [0.2, 0.25) is 0 Å². The molecule has 0 atom stereocenters. The summed E-state index contributed by atoms with van der Waals surface area (Å²) in [6.45, 7) is 1.77. The Hall–Kier alpha value is -2.19. The molecule has 2 rings (SSSR count).